The first kappa shape index (κ1) is 22.7. The van der Waals surface area contributed by atoms with Gasteiger partial charge in [-0.15, -0.1) is 0 Å². The minimum atomic E-state index is 0.156. The van der Waals surface area contributed by atoms with Crippen LogP contribution >= 0.6 is 0 Å². The molecule has 1 aliphatic rings. The number of likely N-dealkylation sites (N-methyl/N-ethyl adjacent to an activating group) is 1. The minimum absolute atomic E-state index is 0.156. The van der Waals surface area contributed by atoms with Crippen LogP contribution in [0.2, 0.25) is 0 Å². The van der Waals surface area contributed by atoms with Gasteiger partial charge in [-0.2, -0.15) is 0 Å². The topological polar surface area (TPSA) is 61.4 Å². The fourth-order valence-electron chi connectivity index (χ4n) is 4.08. The Morgan fingerprint density at radius 3 is 2.45 bits per heavy atom. The predicted octanol–water partition coefficient (Wildman–Crippen LogP) is 2.75. The van der Waals surface area contributed by atoms with E-state index in [-0.39, 0.29) is 6.04 Å². The molecule has 2 aromatic rings. The zero-order chi connectivity index (χ0) is 22.2. The molecule has 7 nitrogen and oxygen atoms in total. The van der Waals surface area contributed by atoms with E-state index < -0.39 is 0 Å². The smallest absolute Gasteiger partial charge is 0.191 e. The molecule has 1 fully saturated rings. The zero-order valence-electron chi connectivity index (χ0n) is 19.3. The van der Waals surface area contributed by atoms with Crippen LogP contribution in [0, 0.1) is 0 Å². The Morgan fingerprint density at radius 2 is 1.77 bits per heavy atom. The van der Waals surface area contributed by atoms with Gasteiger partial charge in [0.25, 0.3) is 0 Å². The van der Waals surface area contributed by atoms with Gasteiger partial charge in [0.15, 0.2) is 5.96 Å². The number of hydrogen-bond donors (Lipinski definition) is 2. The van der Waals surface area contributed by atoms with Gasteiger partial charge in [-0.1, -0.05) is 30.3 Å². The molecule has 0 amide bonds. The number of nitrogens with one attached hydrogen (secondary N) is 2. The highest BCUT2D eigenvalue weighted by Gasteiger charge is 2.26. The number of aliphatic imine (C=N–C) groups is 1. The van der Waals surface area contributed by atoms with Gasteiger partial charge in [-0.3, -0.25) is 4.99 Å². The average molecular weight is 426 g/mol. The lowest BCUT2D eigenvalue weighted by atomic mass is 10.0. The number of hydrogen-bond acceptors (Lipinski definition) is 5. The Labute approximate surface area is 186 Å². The van der Waals surface area contributed by atoms with Gasteiger partial charge < -0.3 is 29.9 Å². The molecule has 0 aromatic heterocycles. The van der Waals surface area contributed by atoms with Gasteiger partial charge in [0.1, 0.15) is 11.5 Å². The molecule has 0 bridgehead atoms. The molecule has 0 radical (unpaired) electrons. The van der Waals surface area contributed by atoms with Gasteiger partial charge in [0.2, 0.25) is 0 Å². The molecule has 2 N–H and O–H groups in total. The monoisotopic (exact) mass is 425 g/mol. The Kier molecular flexibility index (Phi) is 8.00. The first-order valence-corrected chi connectivity index (χ1v) is 10.7. The fraction of sp³-hybridized carbons (Fsp3) is 0.458. The van der Waals surface area contributed by atoms with Crippen molar-refractivity contribution in [2.24, 2.45) is 4.99 Å². The molecule has 0 aliphatic carbocycles. The van der Waals surface area contributed by atoms with Crippen molar-refractivity contribution in [3.8, 4) is 11.5 Å². The second kappa shape index (κ2) is 10.9. The average Bonchev–Trinajstić information content (AvgIpc) is 3.26. The van der Waals surface area contributed by atoms with Gasteiger partial charge in [0, 0.05) is 38.3 Å². The van der Waals surface area contributed by atoms with Crippen molar-refractivity contribution in [3.63, 3.8) is 0 Å². The molecule has 2 atom stereocenters. The molecule has 1 aliphatic heterocycles. The highest BCUT2D eigenvalue weighted by Crippen LogP contribution is 2.30. The second-order valence-electron chi connectivity index (χ2n) is 7.92. The Bertz CT molecular complexity index is 871. The Hall–Kier alpha value is -2.93. The van der Waals surface area contributed by atoms with Crippen molar-refractivity contribution in [2.75, 3.05) is 59.9 Å². The standard InChI is InChI=1S/C24H35N5O2/c1-25-24(26-16-21(28(2)3)19-10-6-8-12-22(19)30-4)27-18-14-15-29(17-18)20-11-7-9-13-23(20)31-5/h6-13,18,21H,14-17H2,1-5H3,(H2,25,26,27). The molecular formula is C24H35N5O2. The summed E-state index contributed by atoms with van der Waals surface area (Å²) in [4.78, 5) is 9.01. The summed E-state index contributed by atoms with van der Waals surface area (Å²) in [5, 5.41) is 7.09. The lowest BCUT2D eigenvalue weighted by Crippen LogP contribution is -2.46. The number of para-hydroxylation sites is 3. The van der Waals surface area contributed by atoms with Crippen LogP contribution in [0.1, 0.15) is 18.0 Å². The maximum absolute atomic E-state index is 5.57. The summed E-state index contributed by atoms with van der Waals surface area (Å²) in [6, 6.07) is 16.8. The van der Waals surface area contributed by atoms with Crippen LogP contribution in [0.25, 0.3) is 0 Å². The third-order valence-corrected chi connectivity index (χ3v) is 5.76. The first-order valence-electron chi connectivity index (χ1n) is 10.7. The molecule has 1 heterocycles. The molecule has 7 heteroatoms. The molecular weight excluding hydrogens is 390 g/mol. The number of methoxy groups -OCH3 is 2. The first-order chi connectivity index (χ1) is 15.1. The summed E-state index contributed by atoms with van der Waals surface area (Å²) in [5.74, 6) is 2.62. The van der Waals surface area contributed by atoms with E-state index in [9.17, 15) is 0 Å². The van der Waals surface area contributed by atoms with Crippen molar-refractivity contribution in [3.05, 3.63) is 54.1 Å². The number of anilines is 1. The third kappa shape index (κ3) is 5.61. The molecule has 2 aromatic carbocycles. The summed E-state index contributed by atoms with van der Waals surface area (Å²) < 4.78 is 11.1. The Morgan fingerprint density at radius 1 is 1.10 bits per heavy atom. The van der Waals surface area contributed by atoms with Crippen LogP contribution in [-0.4, -0.2) is 71.9 Å². The van der Waals surface area contributed by atoms with Crippen LogP contribution in [0.5, 0.6) is 11.5 Å². The Balaban J connectivity index is 1.60. The van der Waals surface area contributed by atoms with Crippen LogP contribution < -0.4 is 25.0 Å². The van der Waals surface area contributed by atoms with Gasteiger partial charge in [-0.05, 0) is 38.7 Å². The van der Waals surface area contributed by atoms with Crippen molar-refractivity contribution in [2.45, 2.75) is 18.5 Å². The summed E-state index contributed by atoms with van der Waals surface area (Å²) in [7, 11) is 9.41. The number of ether oxygens (including phenoxy) is 2. The zero-order valence-corrected chi connectivity index (χ0v) is 19.3. The summed E-state index contributed by atoms with van der Waals surface area (Å²) in [6.07, 6.45) is 1.04. The maximum atomic E-state index is 5.57. The predicted molar refractivity (Wildman–Crippen MR) is 128 cm³/mol. The van der Waals surface area contributed by atoms with Crippen molar-refractivity contribution in [1.29, 1.82) is 0 Å². The second-order valence-corrected chi connectivity index (χ2v) is 7.92. The largest absolute Gasteiger partial charge is 0.496 e. The van der Waals surface area contributed by atoms with Crippen molar-refractivity contribution in [1.82, 2.24) is 15.5 Å². The lowest BCUT2D eigenvalue weighted by molar-refractivity contribution is 0.287. The van der Waals surface area contributed by atoms with Crippen LogP contribution in [-0.2, 0) is 0 Å². The molecule has 168 valence electrons. The van der Waals surface area contributed by atoms with Gasteiger partial charge in [0.05, 0.1) is 25.9 Å². The van der Waals surface area contributed by atoms with E-state index in [2.05, 4.69) is 57.7 Å². The summed E-state index contributed by atoms with van der Waals surface area (Å²) in [6.45, 7) is 2.61. The summed E-state index contributed by atoms with van der Waals surface area (Å²) in [5.41, 5.74) is 2.29. The van der Waals surface area contributed by atoms with Gasteiger partial charge in [-0.25, -0.2) is 0 Å². The number of rotatable bonds is 8. The van der Waals surface area contributed by atoms with E-state index in [0.717, 1.165) is 54.8 Å². The lowest BCUT2D eigenvalue weighted by Gasteiger charge is -2.28. The quantitative estimate of drug-likeness (QED) is 0.501. The molecule has 2 unspecified atom stereocenters. The normalized spacial score (nSPS) is 17.5. The van der Waals surface area contributed by atoms with Crippen LogP contribution in [0.4, 0.5) is 5.69 Å². The van der Waals surface area contributed by atoms with E-state index in [1.807, 2.05) is 37.4 Å². The highest BCUT2D eigenvalue weighted by molar-refractivity contribution is 5.80. The number of nitrogens with zero attached hydrogens (tertiary/aromatic N) is 3. The van der Waals surface area contributed by atoms with Gasteiger partial charge >= 0.3 is 0 Å². The van der Waals surface area contributed by atoms with E-state index in [1.54, 1.807) is 14.2 Å². The van der Waals surface area contributed by atoms with Crippen molar-refractivity contribution >= 4 is 11.6 Å². The highest BCUT2D eigenvalue weighted by atomic mass is 16.5. The van der Waals surface area contributed by atoms with Crippen LogP contribution in [0.3, 0.4) is 0 Å². The third-order valence-electron chi connectivity index (χ3n) is 5.76. The molecule has 0 saturated carbocycles. The molecule has 31 heavy (non-hydrogen) atoms. The minimum Gasteiger partial charge on any atom is -0.496 e. The molecule has 1 saturated heterocycles. The molecule has 0 spiro atoms. The number of benzene rings is 2. The van der Waals surface area contributed by atoms with E-state index >= 15 is 0 Å². The SMILES string of the molecule is CN=C(NCC(c1ccccc1OC)N(C)C)NC1CCN(c2ccccc2OC)C1. The molecule has 3 rings (SSSR count). The van der Waals surface area contributed by atoms with E-state index in [0.29, 0.717) is 6.04 Å². The van der Waals surface area contributed by atoms with Crippen molar-refractivity contribution < 1.29 is 9.47 Å². The van der Waals surface area contributed by atoms with E-state index in [4.69, 9.17) is 9.47 Å². The fourth-order valence-corrected chi connectivity index (χ4v) is 4.08. The summed E-state index contributed by atoms with van der Waals surface area (Å²) >= 11 is 0. The van der Waals surface area contributed by atoms with E-state index in [1.165, 1.54) is 0 Å². The maximum Gasteiger partial charge on any atom is 0.191 e. The van der Waals surface area contributed by atoms with Crippen LogP contribution in [0.15, 0.2) is 53.5 Å². The number of guanidine groups is 1.